The zero-order valence-electron chi connectivity index (χ0n) is 11.3. The van der Waals surface area contributed by atoms with E-state index in [2.05, 4.69) is 10.1 Å². The molecule has 7 heteroatoms. The van der Waals surface area contributed by atoms with Crippen molar-refractivity contribution in [3.8, 4) is 0 Å². The second-order valence-corrected chi connectivity index (χ2v) is 5.59. The first-order valence-corrected chi connectivity index (χ1v) is 6.82. The lowest BCUT2D eigenvalue weighted by molar-refractivity contribution is 0.0775. The van der Waals surface area contributed by atoms with Gasteiger partial charge in [0.05, 0.1) is 23.4 Å². The van der Waals surface area contributed by atoms with Gasteiger partial charge in [-0.05, 0) is 13.8 Å². The van der Waals surface area contributed by atoms with Crippen molar-refractivity contribution in [3.63, 3.8) is 0 Å². The highest BCUT2D eigenvalue weighted by atomic mass is 32.1. The van der Waals surface area contributed by atoms with Crippen molar-refractivity contribution >= 4 is 22.9 Å². The van der Waals surface area contributed by atoms with Gasteiger partial charge in [-0.2, -0.15) is 5.10 Å². The molecule has 2 aromatic rings. The van der Waals surface area contributed by atoms with Crippen LogP contribution in [0.4, 0.5) is 5.69 Å². The molecule has 0 saturated carbocycles. The van der Waals surface area contributed by atoms with E-state index in [1.165, 1.54) is 6.20 Å². The molecule has 0 atom stereocenters. The highest BCUT2D eigenvalue weighted by Crippen LogP contribution is 2.17. The fourth-order valence-electron chi connectivity index (χ4n) is 1.84. The molecule has 0 fully saturated rings. The predicted molar refractivity (Wildman–Crippen MR) is 75.0 cm³/mol. The number of carbonyl (C=O) groups is 1. The van der Waals surface area contributed by atoms with Crippen LogP contribution in [0.15, 0.2) is 12.4 Å². The number of rotatable bonds is 4. The molecule has 0 unspecified atom stereocenters. The molecule has 102 valence electrons. The minimum absolute atomic E-state index is 0.122. The van der Waals surface area contributed by atoms with E-state index in [1.807, 2.05) is 13.8 Å². The van der Waals surface area contributed by atoms with Crippen LogP contribution in [0.5, 0.6) is 0 Å². The Labute approximate surface area is 115 Å². The van der Waals surface area contributed by atoms with Crippen molar-refractivity contribution in [3.05, 3.63) is 28.0 Å². The first-order valence-electron chi connectivity index (χ1n) is 6.01. The van der Waals surface area contributed by atoms with E-state index in [0.29, 0.717) is 24.5 Å². The molecule has 2 rings (SSSR count). The summed E-state index contributed by atoms with van der Waals surface area (Å²) in [7, 11) is 1.75. The zero-order valence-corrected chi connectivity index (χ0v) is 12.1. The number of aryl methyl sites for hydroxylation is 2. The number of thiazole rings is 1. The highest BCUT2D eigenvalue weighted by molar-refractivity contribution is 7.11. The summed E-state index contributed by atoms with van der Waals surface area (Å²) in [6.07, 6.45) is 3.31. The van der Waals surface area contributed by atoms with Crippen LogP contribution in [0.25, 0.3) is 0 Å². The Kier molecular flexibility index (Phi) is 3.84. The van der Waals surface area contributed by atoms with Crippen LogP contribution in [-0.2, 0) is 13.1 Å². The molecule has 2 heterocycles. The summed E-state index contributed by atoms with van der Waals surface area (Å²) in [5, 5.41) is 5.08. The number of carbonyl (C=O) groups excluding carboxylic acids is 1. The summed E-state index contributed by atoms with van der Waals surface area (Å²) >= 11 is 1.59. The first kappa shape index (κ1) is 13.5. The minimum Gasteiger partial charge on any atom is -0.396 e. The number of hydrogen-bond acceptors (Lipinski definition) is 5. The van der Waals surface area contributed by atoms with E-state index in [1.54, 1.807) is 34.2 Å². The van der Waals surface area contributed by atoms with Gasteiger partial charge in [-0.3, -0.25) is 9.48 Å². The number of aromatic nitrogens is 3. The summed E-state index contributed by atoms with van der Waals surface area (Å²) in [6.45, 7) is 5.01. The van der Waals surface area contributed by atoms with Gasteiger partial charge in [0, 0.05) is 24.7 Å². The molecule has 0 aliphatic carbocycles. The Bertz CT molecular complexity index is 589. The topological polar surface area (TPSA) is 77.0 Å². The molecular weight excluding hydrogens is 262 g/mol. The third kappa shape index (κ3) is 2.76. The number of nitrogens with zero attached hydrogens (tertiary/aromatic N) is 4. The predicted octanol–water partition coefficient (Wildman–Crippen LogP) is 1.52. The van der Waals surface area contributed by atoms with Crippen molar-refractivity contribution in [1.82, 2.24) is 19.7 Å². The van der Waals surface area contributed by atoms with E-state index < -0.39 is 0 Å². The fourth-order valence-corrected chi connectivity index (χ4v) is 2.69. The molecule has 0 aliphatic rings. The second-order valence-electron chi connectivity index (χ2n) is 4.27. The van der Waals surface area contributed by atoms with Crippen LogP contribution in [-0.4, -0.2) is 32.6 Å². The van der Waals surface area contributed by atoms with E-state index in [9.17, 15) is 4.79 Å². The molecule has 0 aliphatic heterocycles. The molecule has 2 aromatic heterocycles. The molecule has 0 spiro atoms. The van der Waals surface area contributed by atoms with Crippen LogP contribution in [0.1, 0.15) is 27.3 Å². The maximum Gasteiger partial charge on any atom is 0.274 e. The van der Waals surface area contributed by atoms with E-state index in [0.717, 1.165) is 9.88 Å². The maximum absolute atomic E-state index is 12.4. The number of anilines is 1. The number of nitrogen functional groups attached to an aromatic ring is 1. The molecule has 1 amide bonds. The molecule has 0 saturated heterocycles. The number of amides is 1. The number of hydrogen-bond donors (Lipinski definition) is 1. The Morgan fingerprint density at radius 3 is 2.84 bits per heavy atom. The molecule has 19 heavy (non-hydrogen) atoms. The van der Waals surface area contributed by atoms with Crippen LogP contribution < -0.4 is 5.73 Å². The molecule has 0 bridgehead atoms. The maximum atomic E-state index is 12.4. The van der Waals surface area contributed by atoms with Gasteiger partial charge in [-0.15, -0.1) is 11.3 Å². The van der Waals surface area contributed by atoms with Gasteiger partial charge < -0.3 is 10.6 Å². The normalized spacial score (nSPS) is 10.7. The summed E-state index contributed by atoms with van der Waals surface area (Å²) in [5.41, 5.74) is 6.68. The second kappa shape index (κ2) is 5.40. The van der Waals surface area contributed by atoms with Gasteiger partial charge in [-0.25, -0.2) is 4.98 Å². The smallest absolute Gasteiger partial charge is 0.274 e. The minimum atomic E-state index is -0.122. The largest absolute Gasteiger partial charge is 0.396 e. The van der Waals surface area contributed by atoms with Gasteiger partial charge in [-0.1, -0.05) is 0 Å². The fraction of sp³-hybridized carbons (Fsp3) is 0.417. The average molecular weight is 279 g/mol. The van der Waals surface area contributed by atoms with Gasteiger partial charge in [0.15, 0.2) is 0 Å². The van der Waals surface area contributed by atoms with Gasteiger partial charge in [0.25, 0.3) is 5.91 Å². The lowest BCUT2D eigenvalue weighted by Crippen LogP contribution is -2.28. The molecule has 0 aromatic carbocycles. The number of nitrogens with two attached hydrogens (primary N) is 1. The van der Waals surface area contributed by atoms with Crippen molar-refractivity contribution in [2.45, 2.75) is 26.9 Å². The molecule has 0 radical (unpaired) electrons. The Balaban J connectivity index is 2.16. The van der Waals surface area contributed by atoms with E-state index in [-0.39, 0.29) is 5.91 Å². The van der Waals surface area contributed by atoms with Crippen molar-refractivity contribution < 1.29 is 4.79 Å². The summed E-state index contributed by atoms with van der Waals surface area (Å²) in [4.78, 5) is 19.3. The lowest BCUT2D eigenvalue weighted by Gasteiger charge is -2.17. The third-order valence-corrected chi connectivity index (χ3v) is 3.68. The van der Waals surface area contributed by atoms with Crippen LogP contribution in [0, 0.1) is 6.92 Å². The Morgan fingerprint density at radius 1 is 1.53 bits per heavy atom. The SMILES string of the molecule is CCn1ncc(N)c1C(=O)N(C)Cc1cnc(C)s1. The van der Waals surface area contributed by atoms with Crippen LogP contribution >= 0.6 is 11.3 Å². The molecule has 6 nitrogen and oxygen atoms in total. The van der Waals surface area contributed by atoms with E-state index >= 15 is 0 Å². The van der Waals surface area contributed by atoms with Crippen molar-refractivity contribution in [2.75, 3.05) is 12.8 Å². The third-order valence-electron chi connectivity index (χ3n) is 2.78. The van der Waals surface area contributed by atoms with Gasteiger partial charge >= 0.3 is 0 Å². The quantitative estimate of drug-likeness (QED) is 0.920. The molecular formula is C12H17N5OS. The van der Waals surface area contributed by atoms with Gasteiger partial charge in [0.1, 0.15) is 5.69 Å². The van der Waals surface area contributed by atoms with Crippen LogP contribution in [0.3, 0.4) is 0 Å². The standard InChI is InChI=1S/C12H17N5OS/c1-4-17-11(10(13)6-15-17)12(18)16(3)7-9-5-14-8(2)19-9/h5-6H,4,7,13H2,1-3H3. The Hall–Kier alpha value is -1.89. The molecule has 2 N–H and O–H groups in total. The monoisotopic (exact) mass is 279 g/mol. The van der Waals surface area contributed by atoms with E-state index in [4.69, 9.17) is 5.73 Å². The van der Waals surface area contributed by atoms with Crippen molar-refractivity contribution in [2.24, 2.45) is 0 Å². The first-order chi connectivity index (χ1) is 9.02. The summed E-state index contributed by atoms with van der Waals surface area (Å²) in [6, 6.07) is 0. The van der Waals surface area contributed by atoms with Crippen molar-refractivity contribution in [1.29, 1.82) is 0 Å². The Morgan fingerprint density at radius 2 is 2.26 bits per heavy atom. The summed E-state index contributed by atoms with van der Waals surface area (Å²) in [5.74, 6) is -0.122. The average Bonchev–Trinajstić information content (AvgIpc) is 2.94. The van der Waals surface area contributed by atoms with Crippen LogP contribution in [0.2, 0.25) is 0 Å². The lowest BCUT2D eigenvalue weighted by atomic mass is 10.3. The summed E-state index contributed by atoms with van der Waals surface area (Å²) < 4.78 is 1.62. The van der Waals surface area contributed by atoms with Gasteiger partial charge in [0.2, 0.25) is 0 Å². The highest BCUT2D eigenvalue weighted by Gasteiger charge is 2.20. The zero-order chi connectivity index (χ0) is 14.0.